The number of azide groups is 1. The number of hydrogen-bond donors (Lipinski definition) is 1. The molecule has 74 valence electrons. The van der Waals surface area contributed by atoms with Crippen LogP contribution in [0.5, 0.6) is 0 Å². The smallest absolute Gasteiger partial charge is 0.133 e. The molecule has 0 bridgehead atoms. The van der Waals surface area contributed by atoms with Gasteiger partial charge in [-0.3, -0.25) is 0 Å². The molecule has 0 fully saturated rings. The fourth-order valence-electron chi connectivity index (χ4n) is 1.04. The summed E-state index contributed by atoms with van der Waals surface area (Å²) in [5.41, 5.74) is 9.57. The second-order valence-corrected chi connectivity index (χ2v) is 3.09. The third-order valence-corrected chi connectivity index (χ3v) is 2.04. The van der Waals surface area contributed by atoms with Crippen LogP contribution in [0.3, 0.4) is 0 Å². The minimum Gasteiger partial charge on any atom is -0.396 e. The molecule has 0 amide bonds. The van der Waals surface area contributed by atoms with Gasteiger partial charge in [-0.1, -0.05) is 22.8 Å². The van der Waals surface area contributed by atoms with Crippen molar-refractivity contribution in [1.82, 2.24) is 4.98 Å². The van der Waals surface area contributed by atoms with E-state index in [0.717, 1.165) is 5.69 Å². The lowest BCUT2D eigenvalue weighted by Gasteiger charge is -2.09. The number of hydrogen-bond acceptors (Lipinski definition) is 3. The molecule has 1 atom stereocenters. The van der Waals surface area contributed by atoms with Gasteiger partial charge < -0.3 is 5.11 Å². The Morgan fingerprint density at radius 1 is 1.71 bits per heavy atom. The van der Waals surface area contributed by atoms with E-state index in [1.807, 2.05) is 0 Å². The summed E-state index contributed by atoms with van der Waals surface area (Å²) in [6.45, 7) is 1.52. The molecule has 6 heteroatoms. The predicted molar refractivity (Wildman–Crippen MR) is 53.0 cm³/mol. The van der Waals surface area contributed by atoms with Crippen molar-refractivity contribution in [2.45, 2.75) is 13.0 Å². The number of nitrogens with zero attached hydrogens (tertiary/aromatic N) is 4. The maximum atomic E-state index is 8.95. The Morgan fingerprint density at radius 2 is 2.43 bits per heavy atom. The molecule has 1 aromatic rings. The first-order valence-electron chi connectivity index (χ1n) is 3.97. The van der Waals surface area contributed by atoms with Gasteiger partial charge in [0.1, 0.15) is 5.15 Å². The molecule has 1 unspecified atom stereocenters. The minimum atomic E-state index is -0.666. The number of rotatable bonds is 3. The molecule has 0 aromatic carbocycles. The highest BCUT2D eigenvalue weighted by Gasteiger charge is 2.12. The molecule has 1 N–H and O–H groups in total. The van der Waals surface area contributed by atoms with Gasteiger partial charge in [-0.25, -0.2) is 4.98 Å². The first kappa shape index (κ1) is 10.8. The first-order valence-corrected chi connectivity index (χ1v) is 4.35. The molecule has 0 aliphatic rings. The topological polar surface area (TPSA) is 81.9 Å². The zero-order chi connectivity index (χ0) is 10.6. The minimum absolute atomic E-state index is 0.261. The van der Waals surface area contributed by atoms with Crippen LogP contribution in [0.2, 0.25) is 5.15 Å². The van der Waals surface area contributed by atoms with Crippen molar-refractivity contribution < 1.29 is 5.11 Å². The molecule has 1 rings (SSSR count). The fourth-order valence-corrected chi connectivity index (χ4v) is 1.37. The summed E-state index contributed by atoms with van der Waals surface area (Å²) in [6.07, 6.45) is 0. The van der Waals surface area contributed by atoms with Crippen LogP contribution in [-0.2, 0) is 0 Å². The van der Waals surface area contributed by atoms with Gasteiger partial charge in [-0.05, 0) is 18.5 Å². The molecule has 0 radical (unpaired) electrons. The van der Waals surface area contributed by atoms with E-state index in [9.17, 15) is 0 Å². The highest BCUT2D eigenvalue weighted by Crippen LogP contribution is 2.24. The lowest BCUT2D eigenvalue weighted by molar-refractivity contribution is 0.267. The normalized spacial score (nSPS) is 11.9. The van der Waals surface area contributed by atoms with Crippen LogP contribution in [-0.4, -0.2) is 16.7 Å². The number of aliphatic hydroxyl groups excluding tert-OH is 1. The highest BCUT2D eigenvalue weighted by molar-refractivity contribution is 6.30. The predicted octanol–water partition coefficient (Wildman–Crippen LogP) is 2.39. The molecule has 0 saturated heterocycles. The number of halogens is 1. The Hall–Kier alpha value is -1.29. The van der Waals surface area contributed by atoms with E-state index in [2.05, 4.69) is 15.0 Å². The molecule has 1 aromatic heterocycles. The Labute approximate surface area is 86.0 Å². The maximum Gasteiger partial charge on any atom is 0.133 e. The summed E-state index contributed by atoms with van der Waals surface area (Å²) in [4.78, 5) is 6.62. The second kappa shape index (κ2) is 4.81. The third-order valence-electron chi connectivity index (χ3n) is 1.74. The molecular formula is C8H9ClN4O. The summed E-state index contributed by atoms with van der Waals surface area (Å²) >= 11 is 5.83. The zero-order valence-electron chi connectivity index (χ0n) is 7.55. The van der Waals surface area contributed by atoms with Crippen molar-refractivity contribution in [3.8, 4) is 0 Å². The van der Waals surface area contributed by atoms with Gasteiger partial charge in [-0.2, -0.15) is 0 Å². The molecule has 0 aliphatic carbocycles. The molecule has 0 spiro atoms. The summed E-state index contributed by atoms with van der Waals surface area (Å²) < 4.78 is 0. The number of pyridine rings is 1. The van der Waals surface area contributed by atoms with Crippen LogP contribution in [0, 0.1) is 6.92 Å². The van der Waals surface area contributed by atoms with Crippen LogP contribution in [0.1, 0.15) is 17.3 Å². The molecule has 1 heterocycles. The van der Waals surface area contributed by atoms with Gasteiger partial charge in [0, 0.05) is 16.2 Å². The van der Waals surface area contributed by atoms with E-state index < -0.39 is 6.04 Å². The molecule has 0 saturated carbocycles. The van der Waals surface area contributed by atoms with Gasteiger partial charge in [0.15, 0.2) is 0 Å². The van der Waals surface area contributed by atoms with Gasteiger partial charge in [0.25, 0.3) is 0 Å². The Kier molecular flexibility index (Phi) is 3.71. The van der Waals surface area contributed by atoms with E-state index in [4.69, 9.17) is 22.2 Å². The lowest BCUT2D eigenvalue weighted by atomic mass is 10.1. The monoisotopic (exact) mass is 212 g/mol. The van der Waals surface area contributed by atoms with Gasteiger partial charge in [0.2, 0.25) is 0 Å². The number of aromatic nitrogens is 1. The van der Waals surface area contributed by atoms with Gasteiger partial charge >= 0.3 is 0 Å². The van der Waals surface area contributed by atoms with Gasteiger partial charge in [-0.15, -0.1) is 0 Å². The van der Waals surface area contributed by atoms with E-state index in [1.165, 1.54) is 0 Å². The Morgan fingerprint density at radius 3 is 2.93 bits per heavy atom. The quantitative estimate of drug-likeness (QED) is 0.361. The van der Waals surface area contributed by atoms with Crippen LogP contribution in [0.4, 0.5) is 0 Å². The summed E-state index contributed by atoms with van der Waals surface area (Å²) in [5.74, 6) is 0. The van der Waals surface area contributed by atoms with E-state index in [-0.39, 0.29) is 11.8 Å². The standard InChI is InChI=1S/C8H9ClN4O/c1-5-2-3-6(8(9)11-5)7(4-14)12-13-10/h2-3,7,14H,4H2,1H3. The molecule has 14 heavy (non-hydrogen) atoms. The van der Waals surface area contributed by atoms with Crippen LogP contribution >= 0.6 is 11.6 Å². The van der Waals surface area contributed by atoms with Crippen molar-refractivity contribution in [3.05, 3.63) is 39.0 Å². The van der Waals surface area contributed by atoms with Crippen LogP contribution in [0.15, 0.2) is 17.2 Å². The second-order valence-electron chi connectivity index (χ2n) is 2.74. The molecular weight excluding hydrogens is 204 g/mol. The maximum absolute atomic E-state index is 8.95. The fraction of sp³-hybridized carbons (Fsp3) is 0.375. The van der Waals surface area contributed by atoms with Gasteiger partial charge in [0.05, 0.1) is 12.6 Å². The highest BCUT2D eigenvalue weighted by atomic mass is 35.5. The number of aryl methyl sites for hydroxylation is 1. The first-order chi connectivity index (χ1) is 6.69. The van der Waals surface area contributed by atoms with Crippen LogP contribution in [0.25, 0.3) is 10.4 Å². The van der Waals surface area contributed by atoms with Crippen molar-refractivity contribution in [2.24, 2.45) is 5.11 Å². The molecule has 0 aliphatic heterocycles. The average Bonchev–Trinajstić information content (AvgIpc) is 2.15. The van der Waals surface area contributed by atoms with E-state index in [1.54, 1.807) is 19.1 Å². The lowest BCUT2D eigenvalue weighted by Crippen LogP contribution is -2.02. The van der Waals surface area contributed by atoms with E-state index >= 15 is 0 Å². The average molecular weight is 213 g/mol. The Balaban J connectivity index is 3.10. The van der Waals surface area contributed by atoms with Crippen molar-refractivity contribution in [2.75, 3.05) is 6.61 Å². The Bertz CT molecular complexity index is 376. The van der Waals surface area contributed by atoms with Crippen molar-refractivity contribution in [1.29, 1.82) is 0 Å². The summed E-state index contributed by atoms with van der Waals surface area (Å²) in [7, 11) is 0. The molecule has 5 nitrogen and oxygen atoms in total. The summed E-state index contributed by atoms with van der Waals surface area (Å²) in [6, 6.07) is 2.78. The largest absolute Gasteiger partial charge is 0.396 e. The summed E-state index contributed by atoms with van der Waals surface area (Å²) in [5, 5.41) is 12.6. The third kappa shape index (κ3) is 2.35. The SMILES string of the molecule is Cc1ccc(C(CO)N=[N+]=[N-])c(Cl)n1. The van der Waals surface area contributed by atoms with Crippen molar-refractivity contribution >= 4 is 11.6 Å². The van der Waals surface area contributed by atoms with E-state index in [0.29, 0.717) is 5.56 Å². The zero-order valence-corrected chi connectivity index (χ0v) is 8.31. The number of aliphatic hydroxyl groups is 1. The van der Waals surface area contributed by atoms with Crippen molar-refractivity contribution in [3.63, 3.8) is 0 Å². The van der Waals surface area contributed by atoms with Crippen LogP contribution < -0.4 is 0 Å².